The summed E-state index contributed by atoms with van der Waals surface area (Å²) in [6.45, 7) is 6.38. The smallest absolute Gasteiger partial charge is 0.306 e. The van der Waals surface area contributed by atoms with Crippen LogP contribution in [0.25, 0.3) is 0 Å². The molecule has 0 saturated carbocycles. The first kappa shape index (κ1) is 66.3. The van der Waals surface area contributed by atoms with Gasteiger partial charge in [0.1, 0.15) is 13.2 Å². The highest BCUT2D eigenvalue weighted by atomic mass is 16.6. The first-order valence-corrected chi connectivity index (χ1v) is 29.2. The molecule has 70 heavy (non-hydrogen) atoms. The van der Waals surface area contributed by atoms with Crippen molar-refractivity contribution in [3.63, 3.8) is 0 Å². The van der Waals surface area contributed by atoms with Gasteiger partial charge in [-0.2, -0.15) is 0 Å². The zero-order valence-electron chi connectivity index (χ0n) is 45.8. The van der Waals surface area contributed by atoms with Crippen LogP contribution in [0.4, 0.5) is 0 Å². The maximum Gasteiger partial charge on any atom is 0.306 e. The van der Waals surface area contributed by atoms with E-state index in [4.69, 9.17) is 14.2 Å². The predicted octanol–water partition coefficient (Wildman–Crippen LogP) is 19.7. The van der Waals surface area contributed by atoms with E-state index in [-0.39, 0.29) is 31.1 Å². The molecule has 6 nitrogen and oxygen atoms in total. The fraction of sp³-hybridized carbons (Fsp3) is 0.703. The predicted molar refractivity (Wildman–Crippen MR) is 302 cm³/mol. The number of esters is 3. The molecule has 1 unspecified atom stereocenters. The quantitative estimate of drug-likeness (QED) is 0.0262. The minimum atomic E-state index is -0.800. The molecule has 0 aromatic rings. The lowest BCUT2D eigenvalue weighted by molar-refractivity contribution is -0.167. The van der Waals surface area contributed by atoms with Gasteiger partial charge in [0, 0.05) is 19.3 Å². The monoisotopic (exact) mass is 973 g/mol. The molecule has 0 aliphatic rings. The Kier molecular flexibility index (Phi) is 54.9. The third kappa shape index (κ3) is 55.3. The fourth-order valence-electron chi connectivity index (χ4n) is 8.01. The van der Waals surface area contributed by atoms with Gasteiger partial charge in [-0.1, -0.05) is 253 Å². The second-order valence-electron chi connectivity index (χ2n) is 19.1. The van der Waals surface area contributed by atoms with Crippen molar-refractivity contribution in [1.29, 1.82) is 0 Å². The lowest BCUT2D eigenvalue weighted by Gasteiger charge is -2.18. The summed E-state index contributed by atoms with van der Waals surface area (Å²) in [5, 5.41) is 0. The van der Waals surface area contributed by atoms with Gasteiger partial charge < -0.3 is 14.2 Å². The van der Waals surface area contributed by atoms with Gasteiger partial charge in [0.15, 0.2) is 6.10 Å². The average Bonchev–Trinajstić information content (AvgIpc) is 3.36. The van der Waals surface area contributed by atoms with Gasteiger partial charge in [-0.05, 0) is 96.3 Å². The van der Waals surface area contributed by atoms with Gasteiger partial charge in [0.05, 0.1) is 0 Å². The molecule has 0 radical (unpaired) electrons. The van der Waals surface area contributed by atoms with E-state index in [1.165, 1.54) is 103 Å². The molecule has 0 rings (SSSR count). The van der Waals surface area contributed by atoms with Crippen LogP contribution in [0.3, 0.4) is 0 Å². The normalized spacial score (nSPS) is 12.8. The molecular formula is C64H108O6. The molecule has 0 aliphatic carbocycles. The van der Waals surface area contributed by atoms with E-state index in [2.05, 4.69) is 118 Å². The van der Waals surface area contributed by atoms with E-state index in [1.54, 1.807) is 0 Å². The molecule has 1 atom stereocenters. The highest BCUT2D eigenvalue weighted by Crippen LogP contribution is 2.16. The summed E-state index contributed by atoms with van der Waals surface area (Å²) >= 11 is 0. The van der Waals surface area contributed by atoms with Crippen molar-refractivity contribution in [2.75, 3.05) is 13.2 Å². The molecule has 6 heteroatoms. The van der Waals surface area contributed by atoms with Crippen LogP contribution in [0.15, 0.2) is 97.2 Å². The number of hydrogen-bond donors (Lipinski definition) is 0. The number of unbranched alkanes of at least 4 members (excludes halogenated alkanes) is 25. The maximum atomic E-state index is 12.9. The van der Waals surface area contributed by atoms with Crippen LogP contribution in [-0.2, 0) is 28.6 Å². The second-order valence-corrected chi connectivity index (χ2v) is 19.1. The van der Waals surface area contributed by atoms with Crippen molar-refractivity contribution in [3.8, 4) is 0 Å². The topological polar surface area (TPSA) is 78.9 Å². The van der Waals surface area contributed by atoms with E-state index >= 15 is 0 Å². The Labute approximate surface area is 432 Å². The van der Waals surface area contributed by atoms with Gasteiger partial charge in [0.2, 0.25) is 0 Å². The molecule has 0 aromatic carbocycles. The van der Waals surface area contributed by atoms with Crippen LogP contribution in [0.5, 0.6) is 0 Å². The zero-order valence-corrected chi connectivity index (χ0v) is 45.8. The Balaban J connectivity index is 4.44. The van der Waals surface area contributed by atoms with Crippen molar-refractivity contribution in [1.82, 2.24) is 0 Å². The van der Waals surface area contributed by atoms with Crippen molar-refractivity contribution in [2.24, 2.45) is 0 Å². The maximum absolute atomic E-state index is 12.9. The van der Waals surface area contributed by atoms with Crippen LogP contribution < -0.4 is 0 Å². The zero-order chi connectivity index (χ0) is 50.7. The highest BCUT2D eigenvalue weighted by Gasteiger charge is 2.19. The molecule has 0 spiro atoms. The van der Waals surface area contributed by atoms with E-state index in [0.29, 0.717) is 19.3 Å². The largest absolute Gasteiger partial charge is 0.462 e. The van der Waals surface area contributed by atoms with Crippen LogP contribution in [0.2, 0.25) is 0 Å². The number of carbonyl (C=O) groups is 3. The van der Waals surface area contributed by atoms with Crippen LogP contribution in [-0.4, -0.2) is 37.2 Å². The van der Waals surface area contributed by atoms with Crippen LogP contribution >= 0.6 is 0 Å². The molecule has 0 aromatic heterocycles. The summed E-state index contributed by atoms with van der Waals surface area (Å²) in [6.07, 6.45) is 76.9. The third-order valence-corrected chi connectivity index (χ3v) is 12.3. The Morgan fingerprint density at radius 2 is 0.557 bits per heavy atom. The van der Waals surface area contributed by atoms with Crippen molar-refractivity contribution >= 4 is 17.9 Å². The van der Waals surface area contributed by atoms with Crippen molar-refractivity contribution in [2.45, 2.75) is 277 Å². The number of allylic oxidation sites excluding steroid dienone is 16. The van der Waals surface area contributed by atoms with E-state index in [9.17, 15) is 14.4 Å². The van der Waals surface area contributed by atoms with E-state index in [0.717, 1.165) is 128 Å². The standard InChI is InChI=1S/C64H108O6/c1-4-7-10-13-16-19-22-25-28-30-32-34-36-39-42-45-48-51-54-57-63(66)69-60-61(59-68-62(65)56-53-50-47-44-41-38-27-24-21-18-15-12-9-6-3)70-64(67)58-55-52-49-46-43-40-37-35-33-31-29-26-23-20-17-14-11-8-5-2/h7,9-10,12,16,18-19,21,25,27-28,32,34,38-39,42,61H,4-6,8,11,13-15,17,20,22-24,26,29-31,33,35-37,40-41,43-60H2,1-3H3/b10-7-,12-9-,19-16-,21-18-,28-25-,34-32-,38-27-,42-39-. The molecule has 0 aliphatic heterocycles. The fourth-order valence-corrected chi connectivity index (χ4v) is 8.01. The third-order valence-electron chi connectivity index (χ3n) is 12.3. The lowest BCUT2D eigenvalue weighted by atomic mass is 10.0. The summed E-state index contributed by atoms with van der Waals surface area (Å²) in [5.74, 6) is -0.945. The minimum Gasteiger partial charge on any atom is -0.462 e. The van der Waals surface area contributed by atoms with E-state index < -0.39 is 6.10 Å². The summed E-state index contributed by atoms with van der Waals surface area (Å²) < 4.78 is 16.8. The molecule has 0 fully saturated rings. The van der Waals surface area contributed by atoms with Crippen LogP contribution in [0.1, 0.15) is 271 Å². The Bertz CT molecular complexity index is 1400. The first-order chi connectivity index (χ1) is 34.5. The molecule has 0 N–H and O–H groups in total. The van der Waals surface area contributed by atoms with E-state index in [1.807, 2.05) is 0 Å². The summed E-state index contributed by atoms with van der Waals surface area (Å²) in [6, 6.07) is 0. The number of rotatable bonds is 52. The summed E-state index contributed by atoms with van der Waals surface area (Å²) in [4.78, 5) is 38.2. The average molecular weight is 974 g/mol. The number of carbonyl (C=O) groups excluding carboxylic acids is 3. The van der Waals surface area contributed by atoms with Crippen molar-refractivity contribution < 1.29 is 28.6 Å². The Hall–Kier alpha value is -3.67. The van der Waals surface area contributed by atoms with Gasteiger partial charge >= 0.3 is 17.9 Å². The van der Waals surface area contributed by atoms with Crippen molar-refractivity contribution in [3.05, 3.63) is 97.2 Å². The molecule has 400 valence electrons. The molecule has 0 saturated heterocycles. The Morgan fingerprint density at radius 3 is 0.886 bits per heavy atom. The number of hydrogen-bond acceptors (Lipinski definition) is 6. The molecule has 0 amide bonds. The van der Waals surface area contributed by atoms with Gasteiger partial charge in [-0.3, -0.25) is 14.4 Å². The summed E-state index contributed by atoms with van der Waals surface area (Å²) in [7, 11) is 0. The molecular weight excluding hydrogens is 865 g/mol. The molecule has 0 heterocycles. The van der Waals surface area contributed by atoms with Crippen LogP contribution in [0, 0.1) is 0 Å². The van der Waals surface area contributed by atoms with Gasteiger partial charge in [0.25, 0.3) is 0 Å². The Morgan fingerprint density at radius 1 is 0.300 bits per heavy atom. The first-order valence-electron chi connectivity index (χ1n) is 29.2. The summed E-state index contributed by atoms with van der Waals surface area (Å²) in [5.41, 5.74) is 0. The van der Waals surface area contributed by atoms with Gasteiger partial charge in [-0.15, -0.1) is 0 Å². The number of ether oxygens (including phenoxy) is 3. The second kappa shape index (κ2) is 57.9. The van der Waals surface area contributed by atoms with Gasteiger partial charge in [-0.25, -0.2) is 0 Å². The lowest BCUT2D eigenvalue weighted by Crippen LogP contribution is -2.30. The SMILES string of the molecule is CC/C=C\C/C=C\C/C=C\C/C=C\C/C=C\CCCCCC(=O)OCC(COC(=O)CCCCCC/C=C\C/C=C\C/C=C\CC)OC(=O)CCCCCCCCCCCCCCCCCCCCC. The molecule has 0 bridgehead atoms. The minimum absolute atomic E-state index is 0.0988. The highest BCUT2D eigenvalue weighted by molar-refractivity contribution is 5.71.